The summed E-state index contributed by atoms with van der Waals surface area (Å²) in [6.45, 7) is 3.07. The zero-order valence-corrected chi connectivity index (χ0v) is 18.0. The van der Waals surface area contributed by atoms with Gasteiger partial charge in [0.2, 0.25) is 0 Å². The Morgan fingerprint density at radius 1 is 1.26 bits per heavy atom. The molecule has 0 spiro atoms. The lowest BCUT2D eigenvalue weighted by atomic mass is 10.1. The van der Waals surface area contributed by atoms with Gasteiger partial charge >= 0.3 is 0 Å². The molecule has 3 aromatic rings. The van der Waals surface area contributed by atoms with Crippen molar-refractivity contribution in [3.63, 3.8) is 0 Å². The van der Waals surface area contributed by atoms with E-state index >= 15 is 0 Å². The average molecular weight is 423 g/mol. The molecule has 0 bridgehead atoms. The number of aromatic nitrogens is 4. The van der Waals surface area contributed by atoms with Gasteiger partial charge in [0.05, 0.1) is 50.0 Å². The maximum Gasteiger partial charge on any atom is 0.257 e. The van der Waals surface area contributed by atoms with Gasteiger partial charge in [0, 0.05) is 25.4 Å². The van der Waals surface area contributed by atoms with Crippen LogP contribution >= 0.6 is 0 Å². The van der Waals surface area contributed by atoms with Gasteiger partial charge in [0.25, 0.3) is 11.9 Å². The number of rotatable bonds is 6. The Kier molecular flexibility index (Phi) is 5.85. The van der Waals surface area contributed by atoms with Crippen molar-refractivity contribution in [3.05, 3.63) is 47.9 Å². The quantitative estimate of drug-likeness (QED) is 0.602. The van der Waals surface area contributed by atoms with Crippen LogP contribution in [-0.2, 0) is 4.74 Å². The summed E-state index contributed by atoms with van der Waals surface area (Å²) < 4.78 is 17.8. The largest absolute Gasteiger partial charge is 0.497 e. The predicted octanol–water partition coefficient (Wildman–Crippen LogP) is 2.52. The van der Waals surface area contributed by atoms with E-state index in [9.17, 15) is 4.79 Å². The molecule has 1 aliphatic heterocycles. The Balaban J connectivity index is 1.67. The summed E-state index contributed by atoms with van der Waals surface area (Å²) in [5.74, 6) is 1.63. The van der Waals surface area contributed by atoms with Gasteiger partial charge in [-0.05, 0) is 37.6 Å². The molecule has 162 valence electrons. The highest BCUT2D eigenvalue weighted by Gasteiger charge is 2.27. The molecule has 0 N–H and O–H groups in total. The first-order chi connectivity index (χ1) is 15.0. The molecular formula is C22H25N5O4. The average Bonchev–Trinajstić information content (AvgIpc) is 3.48. The molecule has 1 saturated heterocycles. The molecule has 0 unspecified atom stereocenters. The van der Waals surface area contributed by atoms with Crippen molar-refractivity contribution in [1.29, 1.82) is 0 Å². The van der Waals surface area contributed by atoms with Gasteiger partial charge in [-0.25, -0.2) is 14.6 Å². The number of carbonyl (C=O) groups excluding carboxylic acids is 1. The molecule has 0 radical (unpaired) electrons. The highest BCUT2D eigenvalue weighted by atomic mass is 16.5. The standard InChI is InChI=1S/C22H25N5O4/c1-14-18(21(28)26(2)15-8-10-31-13-15)12-24-27(14)22-23-9-7-19(25-22)17-11-16(29-3)5-6-20(17)30-4/h5-7,9,11-12,15H,8,10,13H2,1-4H3/t15-/m0/s1. The second kappa shape index (κ2) is 8.73. The second-order valence-corrected chi connectivity index (χ2v) is 7.30. The van der Waals surface area contributed by atoms with E-state index in [1.54, 1.807) is 49.3 Å². The molecule has 0 aliphatic carbocycles. The summed E-state index contributed by atoms with van der Waals surface area (Å²) in [4.78, 5) is 23.7. The normalized spacial score (nSPS) is 15.7. The molecule has 9 heteroatoms. The molecule has 1 aromatic carbocycles. The van der Waals surface area contributed by atoms with Crippen LogP contribution in [0.1, 0.15) is 22.5 Å². The number of benzene rings is 1. The number of methoxy groups -OCH3 is 2. The Hall–Kier alpha value is -3.46. The van der Waals surface area contributed by atoms with Gasteiger partial charge in [-0.15, -0.1) is 0 Å². The smallest absolute Gasteiger partial charge is 0.257 e. The van der Waals surface area contributed by atoms with Crippen LogP contribution < -0.4 is 9.47 Å². The van der Waals surface area contributed by atoms with Gasteiger partial charge < -0.3 is 19.1 Å². The lowest BCUT2D eigenvalue weighted by Crippen LogP contribution is -2.37. The van der Waals surface area contributed by atoms with Crippen LogP contribution in [0.2, 0.25) is 0 Å². The Morgan fingerprint density at radius 3 is 2.81 bits per heavy atom. The van der Waals surface area contributed by atoms with Crippen LogP contribution in [-0.4, -0.2) is 71.1 Å². The summed E-state index contributed by atoms with van der Waals surface area (Å²) >= 11 is 0. The highest BCUT2D eigenvalue weighted by molar-refractivity contribution is 5.95. The first-order valence-electron chi connectivity index (χ1n) is 9.98. The first kappa shape index (κ1) is 20.8. The third-order valence-electron chi connectivity index (χ3n) is 5.53. The van der Waals surface area contributed by atoms with Gasteiger partial charge in [-0.2, -0.15) is 5.10 Å². The molecule has 1 amide bonds. The van der Waals surface area contributed by atoms with Crippen LogP contribution in [0.3, 0.4) is 0 Å². The molecule has 1 aliphatic rings. The molecule has 4 rings (SSSR count). The van der Waals surface area contributed by atoms with Crippen molar-refractivity contribution in [2.75, 3.05) is 34.5 Å². The van der Waals surface area contributed by atoms with Crippen molar-refractivity contribution in [3.8, 4) is 28.7 Å². The van der Waals surface area contributed by atoms with Crippen molar-refractivity contribution in [1.82, 2.24) is 24.6 Å². The summed E-state index contributed by atoms with van der Waals surface area (Å²) in [6, 6.07) is 7.38. The summed E-state index contributed by atoms with van der Waals surface area (Å²) in [7, 11) is 5.01. The van der Waals surface area contributed by atoms with Crippen molar-refractivity contribution < 1.29 is 19.0 Å². The van der Waals surface area contributed by atoms with Gasteiger partial charge in [0.1, 0.15) is 11.5 Å². The number of likely N-dealkylation sites (N-methyl/N-ethyl adjacent to an activating group) is 1. The maximum atomic E-state index is 13.0. The molecule has 1 atom stereocenters. The second-order valence-electron chi connectivity index (χ2n) is 7.30. The maximum absolute atomic E-state index is 13.0. The fourth-order valence-electron chi connectivity index (χ4n) is 3.62. The SMILES string of the molecule is COc1ccc(OC)c(-c2ccnc(-n3ncc(C(=O)N(C)[C@H]4CCOC4)c3C)n2)c1. The molecule has 1 fully saturated rings. The Morgan fingerprint density at radius 2 is 2.10 bits per heavy atom. The number of nitrogens with zero attached hydrogens (tertiary/aromatic N) is 5. The minimum absolute atomic E-state index is 0.0790. The lowest BCUT2D eigenvalue weighted by Gasteiger charge is -2.22. The van der Waals surface area contributed by atoms with Crippen LogP contribution in [0.25, 0.3) is 17.2 Å². The number of carbonyl (C=O) groups is 1. The number of ether oxygens (including phenoxy) is 3. The van der Waals surface area contributed by atoms with Gasteiger partial charge in [-0.1, -0.05) is 0 Å². The van der Waals surface area contributed by atoms with Crippen molar-refractivity contribution in [2.24, 2.45) is 0 Å². The zero-order valence-electron chi connectivity index (χ0n) is 18.0. The van der Waals surface area contributed by atoms with E-state index in [1.807, 2.05) is 25.1 Å². The number of hydrogen-bond donors (Lipinski definition) is 0. The summed E-state index contributed by atoms with van der Waals surface area (Å²) in [6.07, 6.45) is 4.05. The third kappa shape index (κ3) is 3.96. The highest BCUT2D eigenvalue weighted by Crippen LogP contribution is 2.32. The monoisotopic (exact) mass is 423 g/mol. The van der Waals surface area contributed by atoms with E-state index in [0.29, 0.717) is 47.6 Å². The van der Waals surface area contributed by atoms with E-state index < -0.39 is 0 Å². The van der Waals surface area contributed by atoms with Crippen molar-refractivity contribution in [2.45, 2.75) is 19.4 Å². The minimum Gasteiger partial charge on any atom is -0.497 e. The summed E-state index contributed by atoms with van der Waals surface area (Å²) in [5, 5.41) is 4.38. The van der Waals surface area contributed by atoms with Crippen LogP contribution in [0.15, 0.2) is 36.7 Å². The number of hydrogen-bond acceptors (Lipinski definition) is 7. The molecule has 3 heterocycles. The van der Waals surface area contributed by atoms with E-state index in [0.717, 1.165) is 12.0 Å². The van der Waals surface area contributed by atoms with Crippen LogP contribution in [0.4, 0.5) is 0 Å². The molecule has 9 nitrogen and oxygen atoms in total. The van der Waals surface area contributed by atoms with Crippen LogP contribution in [0, 0.1) is 6.92 Å². The molecular weight excluding hydrogens is 398 g/mol. The molecule has 2 aromatic heterocycles. The summed E-state index contributed by atoms with van der Waals surface area (Å²) in [5.41, 5.74) is 2.62. The first-order valence-corrected chi connectivity index (χ1v) is 9.98. The van der Waals surface area contributed by atoms with E-state index in [2.05, 4.69) is 15.1 Å². The topological polar surface area (TPSA) is 91.6 Å². The lowest BCUT2D eigenvalue weighted by molar-refractivity contribution is 0.0710. The molecule has 31 heavy (non-hydrogen) atoms. The number of amides is 1. The third-order valence-corrected chi connectivity index (χ3v) is 5.53. The van der Waals surface area contributed by atoms with Crippen LogP contribution in [0.5, 0.6) is 11.5 Å². The van der Waals surface area contributed by atoms with E-state index in [4.69, 9.17) is 14.2 Å². The fourth-order valence-corrected chi connectivity index (χ4v) is 3.62. The minimum atomic E-state index is -0.0927. The molecule has 0 saturated carbocycles. The van der Waals surface area contributed by atoms with Gasteiger partial charge in [-0.3, -0.25) is 4.79 Å². The Labute approximate surface area is 180 Å². The van der Waals surface area contributed by atoms with E-state index in [-0.39, 0.29) is 11.9 Å². The van der Waals surface area contributed by atoms with Gasteiger partial charge in [0.15, 0.2) is 0 Å². The van der Waals surface area contributed by atoms with Crippen molar-refractivity contribution >= 4 is 5.91 Å². The fraction of sp³-hybridized carbons (Fsp3) is 0.364. The Bertz CT molecular complexity index is 1090. The van der Waals surface area contributed by atoms with E-state index in [1.165, 1.54) is 0 Å². The predicted molar refractivity (Wildman–Crippen MR) is 114 cm³/mol. The zero-order chi connectivity index (χ0) is 22.0.